The fraction of sp³-hybridized carbons (Fsp3) is 0.333. The molecule has 0 spiro atoms. The van der Waals surface area contributed by atoms with Crippen LogP contribution in [0.25, 0.3) is 6.08 Å². The van der Waals surface area contributed by atoms with Crippen molar-refractivity contribution in [1.82, 2.24) is 4.98 Å². The van der Waals surface area contributed by atoms with Gasteiger partial charge >= 0.3 is 12.1 Å². The number of hydrogen-bond donors (Lipinski definition) is 1. The summed E-state index contributed by atoms with van der Waals surface area (Å²) in [5, 5.41) is 8.56. The zero-order valence-electron chi connectivity index (χ0n) is 8.95. The highest BCUT2D eigenvalue weighted by Gasteiger charge is 2.37. The lowest BCUT2D eigenvalue weighted by Gasteiger charge is -2.06. The number of nitrogens with zero attached hydrogens (tertiary/aromatic N) is 2. The second-order valence-electron chi connectivity index (χ2n) is 3.27. The van der Waals surface area contributed by atoms with E-state index in [0.717, 1.165) is 17.4 Å². The molecular formula is C9H9F3N2O2S. The van der Waals surface area contributed by atoms with Crippen LogP contribution in [-0.4, -0.2) is 30.2 Å². The van der Waals surface area contributed by atoms with E-state index in [2.05, 4.69) is 4.98 Å². The maximum Gasteiger partial charge on any atom is 0.434 e. The first-order valence-corrected chi connectivity index (χ1v) is 5.20. The summed E-state index contributed by atoms with van der Waals surface area (Å²) in [6.45, 7) is 0. The molecule has 1 aromatic rings. The van der Waals surface area contributed by atoms with Gasteiger partial charge in [0.25, 0.3) is 0 Å². The molecule has 0 saturated carbocycles. The van der Waals surface area contributed by atoms with Crippen molar-refractivity contribution < 1.29 is 23.1 Å². The van der Waals surface area contributed by atoms with Gasteiger partial charge in [0.05, 0.1) is 4.88 Å². The van der Waals surface area contributed by atoms with Crippen LogP contribution in [0.5, 0.6) is 0 Å². The Morgan fingerprint density at radius 3 is 2.47 bits per heavy atom. The third kappa shape index (κ3) is 3.45. The maximum absolute atomic E-state index is 12.6. The number of alkyl halides is 3. The summed E-state index contributed by atoms with van der Waals surface area (Å²) in [5.74, 6) is -1.31. The minimum absolute atomic E-state index is 0.169. The largest absolute Gasteiger partial charge is 0.478 e. The number of rotatable bonds is 3. The topological polar surface area (TPSA) is 53.4 Å². The Balaban J connectivity index is 3.22. The Morgan fingerprint density at radius 2 is 2.06 bits per heavy atom. The smallest absolute Gasteiger partial charge is 0.434 e. The van der Waals surface area contributed by atoms with Crippen LogP contribution in [0.15, 0.2) is 6.08 Å². The Kier molecular flexibility index (Phi) is 3.76. The van der Waals surface area contributed by atoms with E-state index in [9.17, 15) is 18.0 Å². The van der Waals surface area contributed by atoms with Crippen LogP contribution in [0.3, 0.4) is 0 Å². The van der Waals surface area contributed by atoms with E-state index in [0.29, 0.717) is 6.08 Å². The molecule has 0 atom stereocenters. The van der Waals surface area contributed by atoms with E-state index < -0.39 is 17.8 Å². The molecule has 1 rings (SSSR count). The molecule has 1 heterocycles. The van der Waals surface area contributed by atoms with Crippen molar-refractivity contribution in [3.05, 3.63) is 16.6 Å². The number of carbonyl (C=O) groups is 1. The van der Waals surface area contributed by atoms with Crippen molar-refractivity contribution in [2.75, 3.05) is 19.0 Å². The second-order valence-corrected chi connectivity index (χ2v) is 4.28. The molecule has 0 saturated heterocycles. The van der Waals surface area contributed by atoms with Gasteiger partial charge in [-0.25, -0.2) is 9.78 Å². The zero-order chi connectivity index (χ0) is 13.2. The summed E-state index contributed by atoms with van der Waals surface area (Å²) < 4.78 is 37.8. The van der Waals surface area contributed by atoms with Crippen LogP contribution in [0.1, 0.15) is 10.6 Å². The van der Waals surface area contributed by atoms with Crippen molar-refractivity contribution in [3.8, 4) is 0 Å². The van der Waals surface area contributed by atoms with Gasteiger partial charge in [-0.3, -0.25) is 0 Å². The highest BCUT2D eigenvalue weighted by molar-refractivity contribution is 7.16. The monoisotopic (exact) mass is 266 g/mol. The molecule has 0 fully saturated rings. The van der Waals surface area contributed by atoms with Crippen LogP contribution >= 0.6 is 11.3 Å². The molecule has 1 aromatic heterocycles. The lowest BCUT2D eigenvalue weighted by atomic mass is 10.3. The van der Waals surface area contributed by atoms with Gasteiger partial charge in [-0.05, 0) is 6.08 Å². The van der Waals surface area contributed by atoms with Gasteiger partial charge in [0.1, 0.15) is 0 Å². The number of carboxylic acids is 1. The SMILES string of the molecule is CN(C)c1nc(C(F)(F)F)c(/C=C/C(=O)O)s1. The minimum atomic E-state index is -4.59. The Labute approximate surface area is 99.0 Å². The van der Waals surface area contributed by atoms with E-state index in [-0.39, 0.29) is 10.0 Å². The number of aromatic nitrogens is 1. The lowest BCUT2D eigenvalue weighted by molar-refractivity contribution is -0.140. The van der Waals surface area contributed by atoms with Gasteiger partial charge in [-0.2, -0.15) is 13.2 Å². The molecule has 0 bridgehead atoms. The Morgan fingerprint density at radius 1 is 1.47 bits per heavy atom. The highest BCUT2D eigenvalue weighted by Crippen LogP contribution is 2.37. The lowest BCUT2D eigenvalue weighted by Crippen LogP contribution is -2.11. The van der Waals surface area contributed by atoms with Crippen molar-refractivity contribution in [2.45, 2.75) is 6.18 Å². The molecule has 17 heavy (non-hydrogen) atoms. The Hall–Kier alpha value is -1.57. The van der Waals surface area contributed by atoms with Crippen LogP contribution in [-0.2, 0) is 11.0 Å². The molecule has 8 heteroatoms. The molecular weight excluding hydrogens is 257 g/mol. The number of aliphatic carboxylic acids is 1. The molecule has 0 amide bonds. The summed E-state index contributed by atoms with van der Waals surface area (Å²) >= 11 is 0.781. The summed E-state index contributed by atoms with van der Waals surface area (Å²) in [7, 11) is 3.12. The van der Waals surface area contributed by atoms with E-state index in [1.54, 1.807) is 14.1 Å². The normalized spacial score (nSPS) is 12.1. The maximum atomic E-state index is 12.6. The molecule has 0 aliphatic carbocycles. The predicted molar refractivity (Wildman–Crippen MR) is 58.1 cm³/mol. The first-order valence-electron chi connectivity index (χ1n) is 4.38. The number of hydrogen-bond acceptors (Lipinski definition) is 4. The van der Waals surface area contributed by atoms with Crippen molar-refractivity contribution >= 4 is 28.5 Å². The van der Waals surface area contributed by atoms with E-state index in [1.807, 2.05) is 0 Å². The standard InChI is InChI=1S/C9H9F3N2O2S/c1-14(2)8-13-7(9(10,11)12)5(17-8)3-4-6(15)16/h3-4H,1-2H3,(H,15,16)/b4-3+. The molecule has 0 aliphatic heterocycles. The van der Waals surface area contributed by atoms with Gasteiger partial charge in [0.2, 0.25) is 0 Å². The Bertz CT molecular complexity index is 452. The van der Waals surface area contributed by atoms with E-state index in [4.69, 9.17) is 5.11 Å². The van der Waals surface area contributed by atoms with Gasteiger partial charge < -0.3 is 10.0 Å². The molecule has 1 N–H and O–H groups in total. The summed E-state index contributed by atoms with van der Waals surface area (Å²) in [5.41, 5.74) is -1.07. The quantitative estimate of drug-likeness (QED) is 0.853. The molecule has 0 aromatic carbocycles. The summed E-state index contributed by atoms with van der Waals surface area (Å²) in [4.78, 5) is 14.9. The fourth-order valence-electron chi connectivity index (χ4n) is 0.975. The van der Waals surface area contributed by atoms with Gasteiger partial charge in [0, 0.05) is 20.2 Å². The summed E-state index contributed by atoms with van der Waals surface area (Å²) in [6, 6.07) is 0. The number of thiazole rings is 1. The van der Waals surface area contributed by atoms with Crippen molar-refractivity contribution in [1.29, 1.82) is 0 Å². The first kappa shape index (κ1) is 13.5. The molecule has 94 valence electrons. The van der Waals surface area contributed by atoms with Gasteiger partial charge in [-0.1, -0.05) is 11.3 Å². The molecule has 0 radical (unpaired) electrons. The van der Waals surface area contributed by atoms with Crippen LogP contribution in [0, 0.1) is 0 Å². The van der Waals surface area contributed by atoms with E-state index in [1.165, 1.54) is 4.90 Å². The van der Waals surface area contributed by atoms with Crippen LogP contribution in [0.2, 0.25) is 0 Å². The third-order valence-corrected chi connectivity index (χ3v) is 2.86. The van der Waals surface area contributed by atoms with Crippen molar-refractivity contribution in [3.63, 3.8) is 0 Å². The summed E-state index contributed by atoms with van der Waals surface area (Å²) in [6.07, 6.45) is -3.04. The van der Waals surface area contributed by atoms with Crippen LogP contribution < -0.4 is 4.90 Å². The molecule has 4 nitrogen and oxygen atoms in total. The molecule has 0 aliphatic rings. The third-order valence-electron chi connectivity index (χ3n) is 1.67. The van der Waals surface area contributed by atoms with Crippen LogP contribution in [0.4, 0.5) is 18.3 Å². The number of halogens is 3. The van der Waals surface area contributed by atoms with E-state index >= 15 is 0 Å². The zero-order valence-corrected chi connectivity index (χ0v) is 9.76. The van der Waals surface area contributed by atoms with Crippen molar-refractivity contribution in [2.24, 2.45) is 0 Å². The number of anilines is 1. The highest BCUT2D eigenvalue weighted by atomic mass is 32.1. The fourth-order valence-corrected chi connectivity index (χ4v) is 1.88. The molecule has 0 unspecified atom stereocenters. The predicted octanol–water partition coefficient (Wildman–Crippen LogP) is 2.33. The average Bonchev–Trinajstić information content (AvgIpc) is 2.57. The first-order chi connectivity index (χ1) is 7.71. The average molecular weight is 266 g/mol. The number of carboxylic acid groups (broad SMARTS) is 1. The van der Waals surface area contributed by atoms with Gasteiger partial charge in [-0.15, -0.1) is 0 Å². The van der Waals surface area contributed by atoms with Gasteiger partial charge in [0.15, 0.2) is 10.8 Å². The second kappa shape index (κ2) is 4.74. The minimum Gasteiger partial charge on any atom is -0.478 e.